The lowest BCUT2D eigenvalue weighted by Gasteiger charge is -2.32. The first-order valence-corrected chi connectivity index (χ1v) is 12.9. The third kappa shape index (κ3) is 5.09. The Bertz CT molecular complexity index is 1410. The van der Waals surface area contributed by atoms with Crippen LogP contribution in [0.4, 0.5) is 0 Å². The van der Waals surface area contributed by atoms with E-state index in [9.17, 15) is 0 Å². The lowest BCUT2D eigenvalue weighted by atomic mass is 9.76. The standard InChI is InChI=1S/C30H40N6/c1-27(2,3)23-19-18-31-17-13-20(19)33-26(35-23)30(9,10)15-14-29(7,8)24-22-21(12-11-16-32-22)34-25(36-24)28(4,5)6/h11-13,16-18H,14-15H2,1-10H3. The molecular formula is C30H40N6. The van der Waals surface area contributed by atoms with Crippen LogP contribution in [0.15, 0.2) is 36.8 Å². The lowest BCUT2D eigenvalue weighted by Crippen LogP contribution is -2.29. The van der Waals surface area contributed by atoms with Gasteiger partial charge >= 0.3 is 0 Å². The maximum Gasteiger partial charge on any atom is 0.134 e. The van der Waals surface area contributed by atoms with Crippen molar-refractivity contribution in [3.63, 3.8) is 0 Å². The molecule has 36 heavy (non-hydrogen) atoms. The van der Waals surface area contributed by atoms with E-state index in [1.165, 1.54) is 0 Å². The Morgan fingerprint density at radius 3 is 1.92 bits per heavy atom. The molecule has 0 N–H and O–H groups in total. The van der Waals surface area contributed by atoms with Gasteiger partial charge in [0, 0.05) is 45.6 Å². The molecule has 0 saturated carbocycles. The van der Waals surface area contributed by atoms with Gasteiger partial charge in [-0.1, -0.05) is 69.2 Å². The van der Waals surface area contributed by atoms with Gasteiger partial charge in [0.05, 0.1) is 22.4 Å². The Kier molecular flexibility index (Phi) is 6.39. The zero-order chi connectivity index (χ0) is 26.5. The summed E-state index contributed by atoms with van der Waals surface area (Å²) >= 11 is 0. The molecule has 0 atom stereocenters. The highest BCUT2D eigenvalue weighted by molar-refractivity contribution is 5.81. The number of fused-ring (bicyclic) bond motifs is 2. The van der Waals surface area contributed by atoms with Gasteiger partial charge in [-0.05, 0) is 31.0 Å². The molecule has 4 heterocycles. The largest absolute Gasteiger partial charge is 0.264 e. The van der Waals surface area contributed by atoms with Crippen LogP contribution in [-0.4, -0.2) is 29.9 Å². The summed E-state index contributed by atoms with van der Waals surface area (Å²) in [6, 6.07) is 5.97. The van der Waals surface area contributed by atoms with Crippen LogP contribution in [0, 0.1) is 0 Å². The fourth-order valence-corrected chi connectivity index (χ4v) is 4.48. The van der Waals surface area contributed by atoms with Crippen molar-refractivity contribution >= 4 is 21.9 Å². The average molecular weight is 485 g/mol. The number of hydrogen-bond donors (Lipinski definition) is 0. The fraction of sp³-hybridized carbons (Fsp3) is 0.533. The van der Waals surface area contributed by atoms with Crippen LogP contribution in [0.5, 0.6) is 0 Å². The molecule has 0 amide bonds. The van der Waals surface area contributed by atoms with Crippen molar-refractivity contribution < 1.29 is 0 Å². The molecule has 0 aromatic carbocycles. The van der Waals surface area contributed by atoms with E-state index in [-0.39, 0.29) is 21.7 Å². The molecule has 4 aromatic rings. The zero-order valence-corrected chi connectivity index (χ0v) is 23.6. The Morgan fingerprint density at radius 1 is 0.611 bits per heavy atom. The molecule has 0 aliphatic carbocycles. The maximum atomic E-state index is 5.12. The molecule has 0 spiro atoms. The van der Waals surface area contributed by atoms with Gasteiger partial charge < -0.3 is 0 Å². The number of aromatic nitrogens is 6. The number of hydrogen-bond acceptors (Lipinski definition) is 6. The second-order valence-electron chi connectivity index (χ2n) is 13.3. The van der Waals surface area contributed by atoms with E-state index in [1.807, 2.05) is 36.8 Å². The Balaban J connectivity index is 1.72. The zero-order valence-electron chi connectivity index (χ0n) is 23.6. The fourth-order valence-electron chi connectivity index (χ4n) is 4.48. The third-order valence-electron chi connectivity index (χ3n) is 6.95. The monoisotopic (exact) mass is 484 g/mol. The minimum absolute atomic E-state index is 0.108. The van der Waals surface area contributed by atoms with E-state index < -0.39 is 0 Å². The Hall–Kier alpha value is -3.02. The Labute approximate surface area is 215 Å². The van der Waals surface area contributed by atoms with E-state index in [2.05, 4.69) is 74.2 Å². The van der Waals surface area contributed by atoms with Gasteiger partial charge in [-0.15, -0.1) is 0 Å². The van der Waals surface area contributed by atoms with Crippen LogP contribution in [0.25, 0.3) is 21.9 Å². The van der Waals surface area contributed by atoms with Crippen molar-refractivity contribution in [2.24, 2.45) is 0 Å². The molecule has 190 valence electrons. The average Bonchev–Trinajstić information content (AvgIpc) is 2.80. The summed E-state index contributed by atoms with van der Waals surface area (Å²) in [5, 5.41) is 1.03. The summed E-state index contributed by atoms with van der Waals surface area (Å²) in [6.07, 6.45) is 7.34. The molecule has 0 aliphatic heterocycles. The van der Waals surface area contributed by atoms with Gasteiger partial charge in [0.15, 0.2) is 0 Å². The van der Waals surface area contributed by atoms with E-state index in [4.69, 9.17) is 24.9 Å². The topological polar surface area (TPSA) is 77.3 Å². The highest BCUT2D eigenvalue weighted by Gasteiger charge is 2.34. The second kappa shape index (κ2) is 8.82. The Morgan fingerprint density at radius 2 is 1.25 bits per heavy atom. The molecule has 0 aliphatic rings. The summed E-state index contributed by atoms with van der Waals surface area (Å²) in [7, 11) is 0. The second-order valence-corrected chi connectivity index (χ2v) is 13.3. The predicted octanol–water partition coefficient (Wildman–Crippen LogP) is 6.99. The highest BCUT2D eigenvalue weighted by Crippen LogP contribution is 2.38. The van der Waals surface area contributed by atoms with Crippen LogP contribution in [-0.2, 0) is 21.7 Å². The minimum Gasteiger partial charge on any atom is -0.264 e. The summed E-state index contributed by atoms with van der Waals surface area (Å²) in [5.41, 5.74) is 4.11. The first kappa shape index (κ1) is 26.1. The molecule has 0 saturated heterocycles. The smallest absolute Gasteiger partial charge is 0.134 e. The predicted molar refractivity (Wildman–Crippen MR) is 147 cm³/mol. The maximum absolute atomic E-state index is 5.12. The molecule has 6 nitrogen and oxygen atoms in total. The van der Waals surface area contributed by atoms with Gasteiger partial charge in [-0.2, -0.15) is 0 Å². The molecule has 0 radical (unpaired) electrons. The van der Waals surface area contributed by atoms with Crippen molar-refractivity contribution in [2.75, 3.05) is 0 Å². The third-order valence-corrected chi connectivity index (χ3v) is 6.95. The van der Waals surface area contributed by atoms with E-state index in [0.717, 1.165) is 57.8 Å². The van der Waals surface area contributed by atoms with Crippen molar-refractivity contribution in [2.45, 2.75) is 104 Å². The van der Waals surface area contributed by atoms with Crippen LogP contribution in [0.3, 0.4) is 0 Å². The summed E-state index contributed by atoms with van der Waals surface area (Å²) < 4.78 is 0. The SMILES string of the molecule is CC(C)(C)c1nc(C(C)(C)CCC(C)(C)c2nc(C(C)(C)C)c3cnccc3n2)c2ncccc2n1. The number of rotatable bonds is 5. The minimum atomic E-state index is -0.224. The number of pyridine rings is 2. The molecule has 0 unspecified atom stereocenters. The summed E-state index contributed by atoms with van der Waals surface area (Å²) in [4.78, 5) is 29.1. The van der Waals surface area contributed by atoms with Gasteiger partial charge in [0.1, 0.15) is 17.2 Å². The molecule has 6 heteroatoms. The highest BCUT2D eigenvalue weighted by atomic mass is 14.9. The van der Waals surface area contributed by atoms with Crippen LogP contribution in [0.1, 0.15) is 105 Å². The summed E-state index contributed by atoms with van der Waals surface area (Å²) in [6.45, 7) is 22.1. The van der Waals surface area contributed by atoms with Crippen molar-refractivity contribution in [1.82, 2.24) is 29.9 Å². The lowest BCUT2D eigenvalue weighted by molar-refractivity contribution is 0.355. The first-order valence-electron chi connectivity index (χ1n) is 12.9. The van der Waals surface area contributed by atoms with Gasteiger partial charge in [0.25, 0.3) is 0 Å². The van der Waals surface area contributed by atoms with Crippen LogP contribution >= 0.6 is 0 Å². The van der Waals surface area contributed by atoms with Crippen LogP contribution in [0.2, 0.25) is 0 Å². The van der Waals surface area contributed by atoms with Crippen molar-refractivity contribution in [1.29, 1.82) is 0 Å². The van der Waals surface area contributed by atoms with Gasteiger partial charge in [-0.25, -0.2) is 19.9 Å². The van der Waals surface area contributed by atoms with Crippen molar-refractivity contribution in [3.8, 4) is 0 Å². The molecule has 0 fully saturated rings. The molecule has 0 bridgehead atoms. The quantitative estimate of drug-likeness (QED) is 0.304. The van der Waals surface area contributed by atoms with E-state index in [0.29, 0.717) is 0 Å². The van der Waals surface area contributed by atoms with E-state index >= 15 is 0 Å². The first-order chi connectivity index (χ1) is 16.6. The van der Waals surface area contributed by atoms with Crippen LogP contribution < -0.4 is 0 Å². The summed E-state index contributed by atoms with van der Waals surface area (Å²) in [5.74, 6) is 1.73. The van der Waals surface area contributed by atoms with Gasteiger partial charge in [0.2, 0.25) is 0 Å². The molecule has 4 rings (SSSR count). The molecule has 4 aromatic heterocycles. The normalized spacial score (nSPS) is 13.5. The van der Waals surface area contributed by atoms with Crippen molar-refractivity contribution in [3.05, 3.63) is 59.8 Å². The van der Waals surface area contributed by atoms with Gasteiger partial charge in [-0.3, -0.25) is 9.97 Å². The molecular weight excluding hydrogens is 444 g/mol. The number of nitrogens with zero attached hydrogens (tertiary/aromatic N) is 6. The van der Waals surface area contributed by atoms with E-state index in [1.54, 1.807) is 0 Å².